The van der Waals surface area contributed by atoms with Crippen molar-refractivity contribution < 1.29 is 19.3 Å². The van der Waals surface area contributed by atoms with Gasteiger partial charge in [-0.3, -0.25) is 4.79 Å². The molecule has 4 saturated heterocycles. The second-order valence-corrected chi connectivity index (χ2v) is 8.67. The van der Waals surface area contributed by atoms with Crippen molar-refractivity contribution in [3.63, 3.8) is 0 Å². The lowest BCUT2D eigenvalue weighted by Gasteiger charge is -2.60. The van der Waals surface area contributed by atoms with E-state index >= 15 is 0 Å². The molecule has 5 aliphatic rings. The van der Waals surface area contributed by atoms with E-state index in [0.717, 1.165) is 25.8 Å². The quantitative estimate of drug-likeness (QED) is 0.733. The van der Waals surface area contributed by atoms with E-state index in [1.165, 1.54) is 6.42 Å². The van der Waals surface area contributed by atoms with Crippen molar-refractivity contribution in [1.29, 1.82) is 0 Å². The van der Waals surface area contributed by atoms with E-state index in [4.69, 9.17) is 14.5 Å². The lowest BCUT2D eigenvalue weighted by atomic mass is 9.59. The Balaban J connectivity index is 1.80. The molecule has 23 heavy (non-hydrogen) atoms. The molecule has 5 rings (SSSR count). The molecule has 5 fully saturated rings. The van der Waals surface area contributed by atoms with Crippen LogP contribution in [0.4, 0.5) is 0 Å². The van der Waals surface area contributed by atoms with Crippen molar-refractivity contribution in [2.24, 2.45) is 23.7 Å². The number of amides is 1. The van der Waals surface area contributed by atoms with Gasteiger partial charge in [0.1, 0.15) is 0 Å². The summed E-state index contributed by atoms with van der Waals surface area (Å²) < 4.78 is 6.42. The highest BCUT2D eigenvalue weighted by Gasteiger charge is 2.68. The van der Waals surface area contributed by atoms with E-state index in [1.807, 2.05) is 11.8 Å². The Morgan fingerprint density at radius 3 is 2.78 bits per heavy atom. The maximum absolute atomic E-state index is 12.8. The summed E-state index contributed by atoms with van der Waals surface area (Å²) in [6, 6.07) is 0. The van der Waals surface area contributed by atoms with Gasteiger partial charge in [-0.15, -0.1) is 0 Å². The van der Waals surface area contributed by atoms with Crippen molar-refractivity contribution in [1.82, 2.24) is 4.90 Å². The van der Waals surface area contributed by atoms with Crippen molar-refractivity contribution >= 4 is 5.91 Å². The third kappa shape index (κ3) is 2.19. The fraction of sp³-hybridized carbons (Fsp3) is 0.944. The Kier molecular flexibility index (Phi) is 3.56. The van der Waals surface area contributed by atoms with Crippen molar-refractivity contribution in [3.8, 4) is 0 Å². The number of likely N-dealkylation sites (tertiary alicyclic amines) is 1. The standard InChI is InChI=1S/C18H29NO4/c1-11(2)10-19-15(20)9-13-6-5-12(3)14-7-8-17(4)21-16(19)18(13,14)23-22-17/h11-14,16H,5-10H2,1-4H3/t12-,13+,14+,16-,17+,18+/m1/s1. The molecule has 4 heterocycles. The van der Waals surface area contributed by atoms with Gasteiger partial charge in [0.25, 0.3) is 0 Å². The van der Waals surface area contributed by atoms with E-state index in [0.29, 0.717) is 24.2 Å². The summed E-state index contributed by atoms with van der Waals surface area (Å²) in [7, 11) is 0. The van der Waals surface area contributed by atoms with Crippen LogP contribution in [-0.2, 0) is 19.3 Å². The molecule has 0 unspecified atom stereocenters. The monoisotopic (exact) mass is 323 g/mol. The summed E-state index contributed by atoms with van der Waals surface area (Å²) in [4.78, 5) is 26.7. The van der Waals surface area contributed by atoms with Crippen LogP contribution in [0.15, 0.2) is 0 Å². The van der Waals surface area contributed by atoms with Crippen molar-refractivity contribution in [3.05, 3.63) is 0 Å². The van der Waals surface area contributed by atoms with E-state index < -0.39 is 11.4 Å². The smallest absolute Gasteiger partial charge is 0.225 e. The average Bonchev–Trinajstić information content (AvgIpc) is 2.72. The van der Waals surface area contributed by atoms with Gasteiger partial charge in [0, 0.05) is 25.3 Å². The van der Waals surface area contributed by atoms with Crippen LogP contribution >= 0.6 is 0 Å². The predicted octanol–water partition coefficient (Wildman–Crippen LogP) is 3.09. The van der Waals surface area contributed by atoms with E-state index in [1.54, 1.807) is 0 Å². The fourth-order valence-electron chi connectivity index (χ4n) is 5.35. The van der Waals surface area contributed by atoms with E-state index in [2.05, 4.69) is 20.8 Å². The lowest BCUT2D eigenvalue weighted by Crippen LogP contribution is -2.73. The molecule has 0 aromatic rings. The lowest BCUT2D eigenvalue weighted by molar-refractivity contribution is -0.546. The highest BCUT2D eigenvalue weighted by Crippen LogP contribution is 2.59. The van der Waals surface area contributed by atoms with Gasteiger partial charge < -0.3 is 9.64 Å². The molecule has 4 aliphatic heterocycles. The first-order valence-electron chi connectivity index (χ1n) is 9.20. The summed E-state index contributed by atoms with van der Waals surface area (Å²) in [6.45, 7) is 9.28. The topological polar surface area (TPSA) is 48.0 Å². The zero-order chi connectivity index (χ0) is 16.4. The summed E-state index contributed by atoms with van der Waals surface area (Å²) in [5.74, 6) is 1.09. The number of carbonyl (C=O) groups excluding carboxylic acids is 1. The van der Waals surface area contributed by atoms with Crippen LogP contribution in [0.25, 0.3) is 0 Å². The number of fused-ring (bicyclic) bond motifs is 2. The summed E-state index contributed by atoms with van der Waals surface area (Å²) in [6.07, 6.45) is 4.34. The van der Waals surface area contributed by atoms with Crippen LogP contribution in [-0.4, -0.2) is 35.0 Å². The molecule has 130 valence electrons. The largest absolute Gasteiger partial charge is 0.321 e. The molecule has 1 spiro atoms. The van der Waals surface area contributed by atoms with Gasteiger partial charge in [0.2, 0.25) is 11.7 Å². The molecular weight excluding hydrogens is 294 g/mol. The van der Waals surface area contributed by atoms with Crippen LogP contribution < -0.4 is 0 Å². The van der Waals surface area contributed by atoms with Gasteiger partial charge >= 0.3 is 0 Å². The third-order valence-corrected chi connectivity index (χ3v) is 6.48. The molecule has 1 saturated carbocycles. The van der Waals surface area contributed by atoms with Crippen LogP contribution in [0.1, 0.15) is 59.8 Å². The first-order valence-corrected chi connectivity index (χ1v) is 9.20. The van der Waals surface area contributed by atoms with Gasteiger partial charge in [0.15, 0.2) is 11.8 Å². The van der Waals surface area contributed by atoms with Gasteiger partial charge in [-0.05, 0) is 43.9 Å². The Bertz CT molecular complexity index is 505. The molecule has 5 heteroatoms. The summed E-state index contributed by atoms with van der Waals surface area (Å²) >= 11 is 0. The molecule has 1 amide bonds. The number of hydrogen-bond donors (Lipinski definition) is 0. The fourth-order valence-corrected chi connectivity index (χ4v) is 5.35. The minimum absolute atomic E-state index is 0.215. The molecule has 5 nitrogen and oxygen atoms in total. The van der Waals surface area contributed by atoms with Gasteiger partial charge in [-0.2, -0.15) is 0 Å². The number of nitrogens with zero attached hydrogens (tertiary/aromatic N) is 1. The second kappa shape index (κ2) is 5.17. The number of carbonyl (C=O) groups is 1. The Morgan fingerprint density at radius 2 is 2.04 bits per heavy atom. The number of ether oxygens (including phenoxy) is 1. The van der Waals surface area contributed by atoms with Gasteiger partial charge in [-0.1, -0.05) is 20.8 Å². The minimum Gasteiger partial charge on any atom is -0.321 e. The number of hydrogen-bond acceptors (Lipinski definition) is 4. The predicted molar refractivity (Wildman–Crippen MR) is 84.0 cm³/mol. The molecule has 1 aliphatic carbocycles. The number of rotatable bonds is 2. The first-order chi connectivity index (χ1) is 10.9. The maximum atomic E-state index is 12.8. The molecule has 6 atom stereocenters. The van der Waals surface area contributed by atoms with Gasteiger partial charge in [0.05, 0.1) is 0 Å². The minimum atomic E-state index is -0.732. The second-order valence-electron chi connectivity index (χ2n) is 8.67. The van der Waals surface area contributed by atoms with Crippen LogP contribution in [0.5, 0.6) is 0 Å². The van der Waals surface area contributed by atoms with E-state index in [9.17, 15) is 4.79 Å². The van der Waals surface area contributed by atoms with Crippen LogP contribution in [0.2, 0.25) is 0 Å². The zero-order valence-electron chi connectivity index (χ0n) is 14.7. The van der Waals surface area contributed by atoms with Crippen molar-refractivity contribution in [2.45, 2.75) is 77.4 Å². The highest BCUT2D eigenvalue weighted by atomic mass is 17.3. The molecule has 0 radical (unpaired) electrons. The highest BCUT2D eigenvalue weighted by molar-refractivity contribution is 5.78. The Morgan fingerprint density at radius 1 is 1.26 bits per heavy atom. The first kappa shape index (κ1) is 15.9. The molecule has 0 aromatic heterocycles. The third-order valence-electron chi connectivity index (χ3n) is 6.48. The van der Waals surface area contributed by atoms with Crippen molar-refractivity contribution in [2.75, 3.05) is 6.54 Å². The summed E-state index contributed by atoms with van der Waals surface area (Å²) in [5, 5.41) is 0. The van der Waals surface area contributed by atoms with Crippen LogP contribution in [0.3, 0.4) is 0 Å². The maximum Gasteiger partial charge on any atom is 0.225 e. The molecule has 0 aromatic carbocycles. The Hall–Kier alpha value is -0.650. The zero-order valence-corrected chi connectivity index (χ0v) is 14.7. The average molecular weight is 323 g/mol. The number of piperidine rings is 1. The molecule has 2 bridgehead atoms. The molecule has 0 N–H and O–H groups in total. The van der Waals surface area contributed by atoms with Crippen LogP contribution in [0, 0.1) is 23.7 Å². The van der Waals surface area contributed by atoms with E-state index in [-0.39, 0.29) is 18.1 Å². The summed E-state index contributed by atoms with van der Waals surface area (Å²) in [5.41, 5.74) is -0.476. The molecular formula is C18H29NO4. The van der Waals surface area contributed by atoms with Gasteiger partial charge in [-0.25, -0.2) is 9.78 Å². The normalized spacial score (nSPS) is 49.3. The SMILES string of the molecule is CC(C)CN1C(=O)C[C@@H]2CC[C@@H](C)[C@@H]3CC[C@]4(C)OO[C@@]23[C@H]1O4. The Labute approximate surface area is 138 Å².